The van der Waals surface area contributed by atoms with Crippen molar-refractivity contribution >= 4 is 17.2 Å². The molecule has 2 fully saturated rings. The van der Waals surface area contributed by atoms with Crippen molar-refractivity contribution in [1.82, 2.24) is 10.6 Å². The number of rotatable bonds is 3. The van der Waals surface area contributed by atoms with Gasteiger partial charge in [0.2, 0.25) is 5.91 Å². The predicted octanol–water partition coefficient (Wildman–Crippen LogP) is 3.54. The number of aryl methyl sites for hydroxylation is 1. The Morgan fingerprint density at radius 2 is 2.10 bits per heavy atom. The lowest BCUT2D eigenvalue weighted by Crippen LogP contribution is -2.55. The van der Waals surface area contributed by atoms with Crippen molar-refractivity contribution in [3.63, 3.8) is 0 Å². The average molecular weight is 306 g/mol. The molecule has 1 aromatic rings. The Bertz CT molecular complexity index is 499. The Labute approximate surface area is 131 Å². The summed E-state index contributed by atoms with van der Waals surface area (Å²) < 4.78 is 0. The monoisotopic (exact) mass is 306 g/mol. The third-order valence-corrected chi connectivity index (χ3v) is 6.20. The van der Waals surface area contributed by atoms with E-state index in [2.05, 4.69) is 36.6 Å². The molecule has 1 aliphatic carbocycles. The Balaban J connectivity index is 1.55. The van der Waals surface area contributed by atoms with Crippen LogP contribution in [0.2, 0.25) is 0 Å². The third-order valence-electron chi connectivity index (χ3n) is 5.01. The number of amides is 1. The standard InChI is InChI=1S/C17H26N2OS/c1-11-7-10-16(21-11)12(2)18-17(20)15-9-8-13-5-3-4-6-14(13)19-15/h7,10,12-15,19H,3-6,8-9H2,1-2H3,(H,18,20). The summed E-state index contributed by atoms with van der Waals surface area (Å²) in [5.41, 5.74) is 0. The number of nitrogens with one attached hydrogen (secondary N) is 2. The zero-order chi connectivity index (χ0) is 14.8. The summed E-state index contributed by atoms with van der Waals surface area (Å²) in [5.74, 6) is 0.984. The highest BCUT2D eigenvalue weighted by molar-refractivity contribution is 7.12. The van der Waals surface area contributed by atoms with Crippen LogP contribution in [0.3, 0.4) is 0 Å². The van der Waals surface area contributed by atoms with Gasteiger partial charge >= 0.3 is 0 Å². The van der Waals surface area contributed by atoms with E-state index < -0.39 is 0 Å². The molecular weight excluding hydrogens is 280 g/mol. The van der Waals surface area contributed by atoms with E-state index in [1.165, 1.54) is 41.9 Å². The van der Waals surface area contributed by atoms with Crippen LogP contribution in [0, 0.1) is 12.8 Å². The van der Waals surface area contributed by atoms with Crippen molar-refractivity contribution in [1.29, 1.82) is 0 Å². The fourth-order valence-corrected chi connectivity index (χ4v) is 4.65. The molecule has 2 N–H and O–H groups in total. The van der Waals surface area contributed by atoms with Gasteiger partial charge in [0.15, 0.2) is 0 Å². The third kappa shape index (κ3) is 3.49. The number of thiophene rings is 1. The second-order valence-corrected chi connectivity index (χ2v) is 7.95. The molecule has 2 heterocycles. The van der Waals surface area contributed by atoms with Crippen molar-refractivity contribution in [2.45, 2.75) is 70.5 Å². The van der Waals surface area contributed by atoms with Crippen LogP contribution in [0.25, 0.3) is 0 Å². The van der Waals surface area contributed by atoms with Gasteiger partial charge in [0.1, 0.15) is 0 Å². The maximum atomic E-state index is 12.5. The Morgan fingerprint density at radius 1 is 1.29 bits per heavy atom. The highest BCUT2D eigenvalue weighted by Crippen LogP contribution is 2.32. The maximum Gasteiger partial charge on any atom is 0.237 e. The number of piperidine rings is 1. The molecule has 21 heavy (non-hydrogen) atoms. The SMILES string of the molecule is Cc1ccc(C(C)NC(=O)C2CCC3CCCCC3N2)s1. The highest BCUT2D eigenvalue weighted by Gasteiger charge is 2.34. The summed E-state index contributed by atoms with van der Waals surface area (Å²) >= 11 is 1.77. The van der Waals surface area contributed by atoms with Crippen LogP contribution >= 0.6 is 11.3 Å². The molecule has 0 bridgehead atoms. The largest absolute Gasteiger partial charge is 0.347 e. The molecule has 1 amide bonds. The first-order valence-corrected chi connectivity index (χ1v) is 9.08. The Hall–Kier alpha value is -0.870. The lowest BCUT2D eigenvalue weighted by molar-refractivity contribution is -0.125. The van der Waals surface area contributed by atoms with Crippen LogP contribution in [0.4, 0.5) is 0 Å². The van der Waals surface area contributed by atoms with Crippen molar-refractivity contribution < 1.29 is 4.79 Å². The average Bonchev–Trinajstić information content (AvgIpc) is 2.93. The number of fused-ring (bicyclic) bond motifs is 1. The molecule has 3 nitrogen and oxygen atoms in total. The zero-order valence-corrected chi connectivity index (χ0v) is 13.8. The fraction of sp³-hybridized carbons (Fsp3) is 0.706. The van der Waals surface area contributed by atoms with Gasteiger partial charge in [-0.05, 0) is 57.6 Å². The molecule has 0 spiro atoms. The Morgan fingerprint density at radius 3 is 2.86 bits per heavy atom. The van der Waals surface area contributed by atoms with Crippen molar-refractivity contribution in [3.8, 4) is 0 Å². The van der Waals surface area contributed by atoms with Crippen molar-refractivity contribution in [3.05, 3.63) is 21.9 Å². The zero-order valence-electron chi connectivity index (χ0n) is 13.0. The maximum absolute atomic E-state index is 12.5. The quantitative estimate of drug-likeness (QED) is 0.897. The summed E-state index contributed by atoms with van der Waals surface area (Å²) in [6, 6.07) is 4.93. The lowest BCUT2D eigenvalue weighted by Gasteiger charge is -2.40. The van der Waals surface area contributed by atoms with Gasteiger partial charge in [-0.25, -0.2) is 0 Å². The minimum Gasteiger partial charge on any atom is -0.347 e. The van der Waals surface area contributed by atoms with Gasteiger partial charge in [-0.15, -0.1) is 11.3 Å². The molecule has 1 saturated heterocycles. The molecule has 4 atom stereocenters. The highest BCUT2D eigenvalue weighted by atomic mass is 32.1. The van der Waals surface area contributed by atoms with E-state index in [1.54, 1.807) is 11.3 Å². The van der Waals surface area contributed by atoms with Crippen molar-refractivity contribution in [2.75, 3.05) is 0 Å². The lowest BCUT2D eigenvalue weighted by atomic mass is 9.77. The summed E-state index contributed by atoms with van der Waals surface area (Å²) in [5, 5.41) is 6.79. The summed E-state index contributed by atoms with van der Waals surface area (Å²) in [6.45, 7) is 4.18. The second kappa shape index (κ2) is 6.49. The van der Waals surface area contributed by atoms with Gasteiger partial charge in [-0.3, -0.25) is 4.79 Å². The molecule has 1 aliphatic heterocycles. The summed E-state index contributed by atoms with van der Waals surface area (Å²) in [7, 11) is 0. The minimum absolute atomic E-state index is 0.00728. The first-order valence-electron chi connectivity index (χ1n) is 8.26. The summed E-state index contributed by atoms with van der Waals surface area (Å²) in [4.78, 5) is 15.0. The predicted molar refractivity (Wildman–Crippen MR) is 87.5 cm³/mol. The van der Waals surface area contributed by atoms with E-state index in [0.29, 0.717) is 6.04 Å². The van der Waals surface area contributed by atoms with Crippen LogP contribution in [0.5, 0.6) is 0 Å². The van der Waals surface area contributed by atoms with E-state index in [9.17, 15) is 4.79 Å². The number of hydrogen-bond donors (Lipinski definition) is 2. The smallest absolute Gasteiger partial charge is 0.237 e. The topological polar surface area (TPSA) is 41.1 Å². The van der Waals surface area contributed by atoms with Crippen LogP contribution < -0.4 is 10.6 Å². The normalized spacial score (nSPS) is 30.5. The van der Waals surface area contributed by atoms with E-state index >= 15 is 0 Å². The van der Waals surface area contributed by atoms with Gasteiger partial charge in [0, 0.05) is 15.8 Å². The minimum atomic E-state index is 0.00728. The van der Waals surface area contributed by atoms with E-state index in [-0.39, 0.29) is 18.0 Å². The first-order chi connectivity index (χ1) is 10.1. The van der Waals surface area contributed by atoms with Gasteiger partial charge in [-0.2, -0.15) is 0 Å². The number of carbonyl (C=O) groups excluding carboxylic acids is 1. The number of hydrogen-bond acceptors (Lipinski definition) is 3. The first kappa shape index (κ1) is 15.0. The number of carbonyl (C=O) groups is 1. The van der Waals surface area contributed by atoms with Gasteiger partial charge in [0.05, 0.1) is 12.1 Å². The van der Waals surface area contributed by atoms with Gasteiger partial charge in [0.25, 0.3) is 0 Å². The van der Waals surface area contributed by atoms with Crippen LogP contribution in [0.1, 0.15) is 61.2 Å². The van der Waals surface area contributed by atoms with Crippen LogP contribution in [0.15, 0.2) is 12.1 Å². The van der Waals surface area contributed by atoms with E-state index in [1.807, 2.05) is 0 Å². The van der Waals surface area contributed by atoms with Crippen molar-refractivity contribution in [2.24, 2.45) is 5.92 Å². The molecule has 0 radical (unpaired) electrons. The molecule has 3 rings (SSSR count). The Kier molecular flexibility index (Phi) is 4.65. The molecule has 0 aromatic carbocycles. The summed E-state index contributed by atoms with van der Waals surface area (Å²) in [6.07, 6.45) is 7.47. The molecule has 2 aliphatic rings. The molecule has 1 aromatic heterocycles. The molecular formula is C17H26N2OS. The van der Waals surface area contributed by atoms with Crippen LogP contribution in [-0.4, -0.2) is 18.0 Å². The molecule has 116 valence electrons. The molecule has 4 heteroatoms. The van der Waals surface area contributed by atoms with Crippen LogP contribution in [-0.2, 0) is 4.79 Å². The molecule has 4 unspecified atom stereocenters. The fourth-order valence-electron chi connectivity index (χ4n) is 3.77. The van der Waals surface area contributed by atoms with Gasteiger partial charge in [-0.1, -0.05) is 12.8 Å². The van der Waals surface area contributed by atoms with E-state index in [0.717, 1.165) is 12.3 Å². The van der Waals surface area contributed by atoms with Gasteiger partial charge < -0.3 is 10.6 Å². The second-order valence-electron chi connectivity index (χ2n) is 6.63. The van der Waals surface area contributed by atoms with E-state index in [4.69, 9.17) is 0 Å². The molecule has 1 saturated carbocycles.